The van der Waals surface area contributed by atoms with Gasteiger partial charge in [-0.3, -0.25) is 0 Å². The van der Waals surface area contributed by atoms with Crippen molar-refractivity contribution in [2.45, 2.75) is 32.1 Å². The zero-order chi connectivity index (χ0) is 6.81. The average molecular weight is 136 g/mol. The van der Waals surface area contributed by atoms with Crippen LogP contribution in [0, 0.1) is 0 Å². The monoisotopic (exact) mass is 136 g/mol. The van der Waals surface area contributed by atoms with E-state index in [1.807, 2.05) is 0 Å². The fourth-order valence-corrected chi connectivity index (χ4v) is 1.95. The van der Waals surface area contributed by atoms with Gasteiger partial charge in [0, 0.05) is 13.1 Å². The quantitative estimate of drug-likeness (QED) is 0.451. The van der Waals surface area contributed by atoms with Gasteiger partial charge >= 0.3 is 0 Å². The first-order valence-electron chi connectivity index (χ1n) is 4.30. The van der Waals surface area contributed by atoms with Crippen molar-refractivity contribution in [3.63, 3.8) is 0 Å². The van der Waals surface area contributed by atoms with E-state index in [4.69, 9.17) is 0 Å². The molecule has 0 atom stereocenters. The van der Waals surface area contributed by atoms with Gasteiger partial charge in [-0.2, -0.15) is 0 Å². The first-order chi connectivity index (χ1) is 4.97. The predicted molar refractivity (Wildman–Crippen MR) is 42.0 cm³/mol. The van der Waals surface area contributed by atoms with Crippen molar-refractivity contribution in [1.82, 2.24) is 5.32 Å². The average Bonchev–Trinajstić information content (AvgIpc) is 2.05. The van der Waals surface area contributed by atoms with Crippen LogP contribution in [0.1, 0.15) is 32.1 Å². The molecule has 0 aromatic rings. The molecule has 2 aliphatic rings. The molecule has 0 N–H and O–H groups in total. The number of rotatable bonds is 0. The van der Waals surface area contributed by atoms with Crippen molar-refractivity contribution in [3.8, 4) is 0 Å². The van der Waals surface area contributed by atoms with Gasteiger partial charge in [-0.15, -0.1) is 0 Å². The van der Waals surface area contributed by atoms with Gasteiger partial charge in [0.1, 0.15) is 0 Å². The number of hydrogen-bond acceptors (Lipinski definition) is 0. The Kier molecular flexibility index (Phi) is 1.76. The number of nitrogens with zero attached hydrogens (tertiary/aromatic N) is 1. The Morgan fingerprint density at radius 3 is 2.50 bits per heavy atom. The van der Waals surface area contributed by atoms with Crippen LogP contribution in [0.15, 0.2) is 11.1 Å². The first kappa shape index (κ1) is 6.41. The summed E-state index contributed by atoms with van der Waals surface area (Å²) in [4.78, 5) is 0. The third-order valence-corrected chi connectivity index (χ3v) is 2.58. The van der Waals surface area contributed by atoms with Gasteiger partial charge in [0.05, 0.1) is 0 Å². The van der Waals surface area contributed by atoms with Crippen molar-refractivity contribution in [3.05, 3.63) is 11.1 Å². The fraction of sp³-hybridized carbons (Fsp3) is 0.778. The molecule has 0 fully saturated rings. The maximum Gasteiger partial charge on any atom is 0.0346 e. The summed E-state index contributed by atoms with van der Waals surface area (Å²) in [6.45, 7) is 2.16. The second-order valence-corrected chi connectivity index (χ2v) is 3.27. The molecule has 2 rings (SSSR count). The molecule has 0 saturated heterocycles. The minimum Gasteiger partial charge on any atom is -0.237 e. The Balaban J connectivity index is 2.14. The largest absolute Gasteiger partial charge is 0.237 e. The molecule has 1 heteroatoms. The Labute approximate surface area is 62.5 Å². The molecule has 0 aromatic heterocycles. The highest BCUT2D eigenvalue weighted by atomic mass is 14.9. The molecule has 10 heavy (non-hydrogen) atoms. The highest BCUT2D eigenvalue weighted by Crippen LogP contribution is 2.28. The molecule has 0 bridgehead atoms. The Morgan fingerprint density at radius 1 is 0.900 bits per heavy atom. The van der Waals surface area contributed by atoms with E-state index < -0.39 is 0 Å². The van der Waals surface area contributed by atoms with E-state index in [0.29, 0.717) is 0 Å². The van der Waals surface area contributed by atoms with E-state index in [1.165, 1.54) is 32.1 Å². The van der Waals surface area contributed by atoms with Crippen LogP contribution < -0.4 is 5.32 Å². The Hall–Kier alpha value is -0.300. The summed E-state index contributed by atoms with van der Waals surface area (Å²) in [6.07, 6.45) is 6.84. The molecule has 0 aromatic carbocycles. The van der Waals surface area contributed by atoms with Crippen molar-refractivity contribution in [2.24, 2.45) is 0 Å². The Bertz CT molecular complexity index is 124. The van der Waals surface area contributed by atoms with Crippen LogP contribution in [0.4, 0.5) is 0 Å². The van der Waals surface area contributed by atoms with Crippen LogP contribution in [0.5, 0.6) is 0 Å². The van der Waals surface area contributed by atoms with Crippen LogP contribution in [0.25, 0.3) is 0 Å². The van der Waals surface area contributed by atoms with Gasteiger partial charge in [0.2, 0.25) is 0 Å². The highest BCUT2D eigenvalue weighted by molar-refractivity contribution is 5.20. The maximum atomic E-state index is 4.40. The van der Waals surface area contributed by atoms with Gasteiger partial charge in [0.25, 0.3) is 0 Å². The number of hydrogen-bond donors (Lipinski definition) is 0. The van der Waals surface area contributed by atoms with Gasteiger partial charge < -0.3 is 0 Å². The van der Waals surface area contributed by atoms with Crippen LogP contribution in [-0.2, 0) is 0 Å². The molecule has 1 aliphatic carbocycles. The molecule has 1 radical (unpaired) electrons. The van der Waals surface area contributed by atoms with Crippen LogP contribution in [0.2, 0.25) is 0 Å². The molecule has 0 unspecified atom stereocenters. The molecule has 1 aliphatic heterocycles. The van der Waals surface area contributed by atoms with Crippen molar-refractivity contribution < 1.29 is 0 Å². The van der Waals surface area contributed by atoms with Gasteiger partial charge in [0.15, 0.2) is 0 Å². The maximum absolute atomic E-state index is 4.40. The molecule has 0 saturated carbocycles. The minimum absolute atomic E-state index is 1.06. The standard InChI is InChI=1S/C9H14N/c1-2-4-9-7-10-6-5-8(9)3-1/h1-7H2. The smallest absolute Gasteiger partial charge is 0.0346 e. The molecule has 1 nitrogen and oxygen atoms in total. The van der Waals surface area contributed by atoms with E-state index in [1.54, 1.807) is 11.1 Å². The summed E-state index contributed by atoms with van der Waals surface area (Å²) in [6, 6.07) is 0. The van der Waals surface area contributed by atoms with Crippen LogP contribution in [0.3, 0.4) is 0 Å². The van der Waals surface area contributed by atoms with Crippen molar-refractivity contribution in [1.29, 1.82) is 0 Å². The lowest BCUT2D eigenvalue weighted by Gasteiger charge is -2.24. The van der Waals surface area contributed by atoms with Gasteiger partial charge in [-0.1, -0.05) is 11.1 Å². The van der Waals surface area contributed by atoms with Crippen LogP contribution in [-0.4, -0.2) is 13.1 Å². The Morgan fingerprint density at radius 2 is 1.70 bits per heavy atom. The van der Waals surface area contributed by atoms with E-state index in [9.17, 15) is 0 Å². The third-order valence-electron chi connectivity index (χ3n) is 2.58. The first-order valence-corrected chi connectivity index (χ1v) is 4.30. The van der Waals surface area contributed by atoms with Crippen molar-refractivity contribution in [2.75, 3.05) is 13.1 Å². The second-order valence-electron chi connectivity index (χ2n) is 3.27. The summed E-state index contributed by atoms with van der Waals surface area (Å²) < 4.78 is 0. The molecule has 0 spiro atoms. The zero-order valence-electron chi connectivity index (χ0n) is 6.40. The lowest BCUT2D eigenvalue weighted by atomic mass is 9.88. The normalized spacial score (nSPS) is 26.4. The lowest BCUT2D eigenvalue weighted by Crippen LogP contribution is -2.20. The van der Waals surface area contributed by atoms with Crippen molar-refractivity contribution >= 4 is 0 Å². The summed E-state index contributed by atoms with van der Waals surface area (Å²) in [5.41, 5.74) is 3.43. The molecular weight excluding hydrogens is 122 g/mol. The molecule has 55 valence electrons. The van der Waals surface area contributed by atoms with E-state index in [2.05, 4.69) is 5.32 Å². The lowest BCUT2D eigenvalue weighted by molar-refractivity contribution is 0.560. The van der Waals surface area contributed by atoms with E-state index >= 15 is 0 Å². The van der Waals surface area contributed by atoms with Gasteiger partial charge in [-0.05, 0) is 32.1 Å². The van der Waals surface area contributed by atoms with Gasteiger partial charge in [-0.25, -0.2) is 5.32 Å². The SMILES string of the molecule is C1CCC2=C(C1)CC[N]C2. The zero-order valence-corrected chi connectivity index (χ0v) is 6.40. The van der Waals surface area contributed by atoms with E-state index in [0.717, 1.165) is 13.1 Å². The third kappa shape index (κ3) is 1.10. The summed E-state index contributed by atoms with van der Waals surface area (Å²) in [5, 5.41) is 4.40. The topological polar surface area (TPSA) is 14.1 Å². The molecular formula is C9H14N. The molecule has 1 heterocycles. The second kappa shape index (κ2) is 2.75. The predicted octanol–water partition coefficient (Wildman–Crippen LogP) is 1.87. The highest BCUT2D eigenvalue weighted by Gasteiger charge is 2.15. The summed E-state index contributed by atoms with van der Waals surface area (Å²) >= 11 is 0. The summed E-state index contributed by atoms with van der Waals surface area (Å²) in [7, 11) is 0. The summed E-state index contributed by atoms with van der Waals surface area (Å²) in [5.74, 6) is 0. The minimum atomic E-state index is 1.06. The fourth-order valence-electron chi connectivity index (χ4n) is 1.95. The van der Waals surface area contributed by atoms with E-state index in [-0.39, 0.29) is 0 Å². The van der Waals surface area contributed by atoms with Crippen LogP contribution >= 0.6 is 0 Å². The molecule has 0 amide bonds.